The van der Waals surface area contributed by atoms with Gasteiger partial charge in [0, 0.05) is 25.2 Å². The predicted molar refractivity (Wildman–Crippen MR) is 109 cm³/mol. The van der Waals surface area contributed by atoms with Gasteiger partial charge in [0.1, 0.15) is 11.1 Å². The average molecular weight is 512 g/mol. The zero-order valence-electron chi connectivity index (χ0n) is 14.6. The Hall–Kier alpha value is -1.40. The molecule has 0 bridgehead atoms. The first-order valence-electron chi connectivity index (χ1n) is 8.10. The largest absolute Gasteiger partial charge is 0.416 e. The average Bonchev–Trinajstić information content (AvgIpc) is 3.15. The molecule has 0 radical (unpaired) electrons. The van der Waals surface area contributed by atoms with Crippen molar-refractivity contribution in [3.8, 4) is 0 Å². The summed E-state index contributed by atoms with van der Waals surface area (Å²) in [7, 11) is 1.68. The highest BCUT2D eigenvalue weighted by Crippen LogP contribution is 2.32. The van der Waals surface area contributed by atoms with Crippen molar-refractivity contribution in [1.82, 2.24) is 15.2 Å². The standard InChI is InChI=1S/C17H19F3N4OS.HI/c1-21-16(23-10-15-22-5-8-26-15)24-6-7-25-14(11-24)12-3-2-4-13(9-12)17(18,19)20;/h2-5,8-9,14H,6-7,10-11H2,1H3,(H,21,23);1H. The van der Waals surface area contributed by atoms with Crippen molar-refractivity contribution in [1.29, 1.82) is 0 Å². The number of ether oxygens (including phenoxy) is 1. The smallest absolute Gasteiger partial charge is 0.370 e. The van der Waals surface area contributed by atoms with E-state index in [0.29, 0.717) is 37.8 Å². The number of benzene rings is 1. The summed E-state index contributed by atoms with van der Waals surface area (Å²) in [6.07, 6.45) is -3.07. The van der Waals surface area contributed by atoms with Crippen molar-refractivity contribution >= 4 is 41.3 Å². The maximum atomic E-state index is 12.9. The molecule has 27 heavy (non-hydrogen) atoms. The van der Waals surface area contributed by atoms with E-state index < -0.39 is 17.8 Å². The Morgan fingerprint density at radius 1 is 1.44 bits per heavy atom. The molecule has 0 spiro atoms. The Morgan fingerprint density at radius 2 is 2.26 bits per heavy atom. The van der Waals surface area contributed by atoms with Gasteiger partial charge in [-0.3, -0.25) is 4.99 Å². The molecular weight excluding hydrogens is 492 g/mol. The Kier molecular flexibility index (Phi) is 7.86. The zero-order valence-corrected chi connectivity index (χ0v) is 17.7. The van der Waals surface area contributed by atoms with E-state index in [1.807, 2.05) is 10.3 Å². The molecule has 1 fully saturated rings. The SMILES string of the molecule is CN=C(NCc1nccs1)N1CCOC(c2cccc(C(F)(F)F)c2)C1.I. The van der Waals surface area contributed by atoms with Crippen LogP contribution in [0.5, 0.6) is 0 Å². The van der Waals surface area contributed by atoms with Crippen molar-refractivity contribution < 1.29 is 17.9 Å². The number of aromatic nitrogens is 1. The third kappa shape index (κ3) is 5.79. The second kappa shape index (κ2) is 9.69. The van der Waals surface area contributed by atoms with Gasteiger partial charge in [0.2, 0.25) is 0 Å². The first-order chi connectivity index (χ1) is 12.5. The minimum atomic E-state index is -4.37. The van der Waals surface area contributed by atoms with E-state index >= 15 is 0 Å². The lowest BCUT2D eigenvalue weighted by Gasteiger charge is -2.35. The number of thiazole rings is 1. The van der Waals surface area contributed by atoms with Gasteiger partial charge >= 0.3 is 6.18 Å². The second-order valence-electron chi connectivity index (χ2n) is 5.76. The molecule has 0 amide bonds. The fraction of sp³-hybridized carbons (Fsp3) is 0.412. The molecule has 5 nitrogen and oxygen atoms in total. The summed E-state index contributed by atoms with van der Waals surface area (Å²) in [6, 6.07) is 5.30. The summed E-state index contributed by atoms with van der Waals surface area (Å²) in [6.45, 7) is 2.01. The molecule has 1 atom stereocenters. The van der Waals surface area contributed by atoms with Crippen LogP contribution in [0.25, 0.3) is 0 Å². The number of nitrogens with zero attached hydrogens (tertiary/aromatic N) is 3. The summed E-state index contributed by atoms with van der Waals surface area (Å²) in [4.78, 5) is 10.5. The van der Waals surface area contributed by atoms with Gasteiger partial charge in [-0.1, -0.05) is 12.1 Å². The third-order valence-corrected chi connectivity index (χ3v) is 4.82. The van der Waals surface area contributed by atoms with Crippen LogP contribution in [0.3, 0.4) is 0 Å². The van der Waals surface area contributed by atoms with Crippen molar-refractivity contribution in [3.05, 3.63) is 52.0 Å². The fourth-order valence-corrected chi connectivity index (χ4v) is 3.34. The summed E-state index contributed by atoms with van der Waals surface area (Å²) in [5.74, 6) is 0.681. The van der Waals surface area contributed by atoms with Crippen LogP contribution in [0.2, 0.25) is 0 Å². The Balaban J connectivity index is 0.00000261. The van der Waals surface area contributed by atoms with Crippen LogP contribution in [0.4, 0.5) is 13.2 Å². The maximum absolute atomic E-state index is 12.9. The van der Waals surface area contributed by atoms with Crippen LogP contribution in [0.1, 0.15) is 22.2 Å². The number of rotatable bonds is 3. The molecule has 1 aromatic heterocycles. The molecule has 0 saturated carbocycles. The van der Waals surface area contributed by atoms with E-state index in [1.165, 1.54) is 6.07 Å². The topological polar surface area (TPSA) is 49.8 Å². The first-order valence-corrected chi connectivity index (χ1v) is 8.98. The third-order valence-electron chi connectivity index (χ3n) is 4.04. The first kappa shape index (κ1) is 21.9. The van der Waals surface area contributed by atoms with E-state index in [9.17, 15) is 13.2 Å². The molecule has 1 N–H and O–H groups in total. The number of aliphatic imine (C=N–C) groups is 1. The van der Waals surface area contributed by atoms with Crippen molar-refractivity contribution in [3.63, 3.8) is 0 Å². The van der Waals surface area contributed by atoms with E-state index in [4.69, 9.17) is 4.74 Å². The lowest BCUT2D eigenvalue weighted by atomic mass is 10.0. The van der Waals surface area contributed by atoms with Gasteiger partial charge in [-0.15, -0.1) is 35.3 Å². The highest BCUT2D eigenvalue weighted by molar-refractivity contribution is 14.0. The van der Waals surface area contributed by atoms with Crippen LogP contribution in [0, 0.1) is 0 Å². The Labute approximate surface area is 176 Å². The molecule has 2 aromatic rings. The lowest BCUT2D eigenvalue weighted by Crippen LogP contribution is -2.48. The van der Waals surface area contributed by atoms with Crippen LogP contribution in [-0.4, -0.2) is 42.6 Å². The molecule has 148 valence electrons. The summed E-state index contributed by atoms with van der Waals surface area (Å²) >= 11 is 1.54. The molecule has 3 rings (SSSR count). The summed E-state index contributed by atoms with van der Waals surface area (Å²) < 4.78 is 44.5. The molecule has 2 heterocycles. The number of halogens is 4. The maximum Gasteiger partial charge on any atom is 0.416 e. The number of hydrogen-bond donors (Lipinski definition) is 1. The van der Waals surface area contributed by atoms with Crippen LogP contribution >= 0.6 is 35.3 Å². The van der Waals surface area contributed by atoms with Gasteiger partial charge in [0.05, 0.1) is 25.3 Å². The van der Waals surface area contributed by atoms with Crippen LogP contribution in [0.15, 0.2) is 40.8 Å². The van der Waals surface area contributed by atoms with Crippen LogP contribution < -0.4 is 5.32 Å². The highest BCUT2D eigenvalue weighted by atomic mass is 127. The molecule has 0 aliphatic carbocycles. The van der Waals surface area contributed by atoms with Gasteiger partial charge in [0.15, 0.2) is 5.96 Å². The number of nitrogens with one attached hydrogen (secondary N) is 1. The van der Waals surface area contributed by atoms with Crippen molar-refractivity contribution in [2.24, 2.45) is 4.99 Å². The molecule has 1 aliphatic heterocycles. The summed E-state index contributed by atoms with van der Waals surface area (Å²) in [5.41, 5.74) is -0.151. The Bertz CT molecular complexity index is 755. The molecular formula is C17H20F3IN4OS. The molecule has 1 saturated heterocycles. The summed E-state index contributed by atoms with van der Waals surface area (Å²) in [5, 5.41) is 6.08. The monoisotopic (exact) mass is 512 g/mol. The molecule has 1 aromatic carbocycles. The minimum absolute atomic E-state index is 0. The van der Waals surface area contributed by atoms with E-state index in [-0.39, 0.29) is 24.0 Å². The van der Waals surface area contributed by atoms with Crippen LogP contribution in [-0.2, 0) is 17.5 Å². The van der Waals surface area contributed by atoms with Gasteiger partial charge < -0.3 is 15.0 Å². The normalized spacial score (nSPS) is 18.1. The van der Waals surface area contributed by atoms with Crippen molar-refractivity contribution in [2.75, 3.05) is 26.7 Å². The Morgan fingerprint density at radius 3 is 2.93 bits per heavy atom. The quantitative estimate of drug-likeness (QED) is 0.385. The number of morpholine rings is 1. The van der Waals surface area contributed by atoms with E-state index in [0.717, 1.165) is 17.1 Å². The second-order valence-corrected chi connectivity index (χ2v) is 6.73. The number of guanidine groups is 1. The molecule has 1 unspecified atom stereocenters. The van der Waals surface area contributed by atoms with Gasteiger partial charge in [-0.25, -0.2) is 4.98 Å². The highest BCUT2D eigenvalue weighted by Gasteiger charge is 2.32. The minimum Gasteiger partial charge on any atom is -0.370 e. The zero-order chi connectivity index (χ0) is 18.6. The molecule has 1 aliphatic rings. The predicted octanol–water partition coefficient (Wildman–Crippen LogP) is 3.93. The number of hydrogen-bond acceptors (Lipinski definition) is 4. The molecule has 10 heteroatoms. The lowest BCUT2D eigenvalue weighted by molar-refractivity contribution is -0.137. The van der Waals surface area contributed by atoms with E-state index in [1.54, 1.807) is 30.6 Å². The van der Waals surface area contributed by atoms with Gasteiger partial charge in [-0.2, -0.15) is 13.2 Å². The van der Waals surface area contributed by atoms with E-state index in [2.05, 4.69) is 15.3 Å². The fourth-order valence-electron chi connectivity index (χ4n) is 2.79. The van der Waals surface area contributed by atoms with Crippen molar-refractivity contribution in [2.45, 2.75) is 18.8 Å². The van der Waals surface area contributed by atoms with Gasteiger partial charge in [0.25, 0.3) is 0 Å². The van der Waals surface area contributed by atoms with Gasteiger partial charge in [-0.05, 0) is 17.7 Å². The number of alkyl halides is 3.